The highest BCUT2D eigenvalue weighted by molar-refractivity contribution is 5.20. The van der Waals surface area contributed by atoms with E-state index in [0.29, 0.717) is 6.54 Å². The summed E-state index contributed by atoms with van der Waals surface area (Å²) in [5, 5.41) is 0. The van der Waals surface area contributed by atoms with Gasteiger partial charge in [-0.15, -0.1) is 0 Å². The predicted octanol–water partition coefficient (Wildman–Crippen LogP) is 3.05. The van der Waals surface area contributed by atoms with Crippen LogP contribution in [-0.4, -0.2) is 35.2 Å². The highest BCUT2D eigenvalue weighted by Gasteiger charge is 2.36. The van der Waals surface area contributed by atoms with Gasteiger partial charge in [-0.3, -0.25) is 9.88 Å². The molecular weight excluding hydrogens is 279 g/mol. The van der Waals surface area contributed by atoms with Gasteiger partial charge in [0.1, 0.15) is 0 Å². The van der Waals surface area contributed by atoms with Crippen LogP contribution in [0.1, 0.15) is 31.4 Å². The van der Waals surface area contributed by atoms with Crippen LogP contribution in [0.25, 0.3) is 0 Å². The molecule has 1 aliphatic heterocycles. The van der Waals surface area contributed by atoms with Crippen LogP contribution in [0.5, 0.6) is 0 Å². The third kappa shape index (κ3) is 3.83. The number of nitrogens with two attached hydrogens (primary N) is 1. The fraction of sp³-hybridized carbons (Fsp3) is 0.533. The number of hydrogen-bond acceptors (Lipinski definition) is 3. The first-order valence-corrected chi connectivity index (χ1v) is 7.09. The summed E-state index contributed by atoms with van der Waals surface area (Å²) in [4.78, 5) is 6.00. The molecule has 1 aromatic rings. The average Bonchev–Trinajstić information content (AvgIpc) is 2.48. The summed E-state index contributed by atoms with van der Waals surface area (Å²) in [5.41, 5.74) is 6.77. The van der Waals surface area contributed by atoms with E-state index < -0.39 is 11.7 Å². The van der Waals surface area contributed by atoms with Crippen molar-refractivity contribution in [3.63, 3.8) is 0 Å². The van der Waals surface area contributed by atoms with E-state index >= 15 is 0 Å². The van der Waals surface area contributed by atoms with E-state index in [2.05, 4.69) is 4.98 Å². The Balaban J connectivity index is 2.19. The molecule has 0 bridgehead atoms. The number of nitrogens with zero attached hydrogens (tertiary/aromatic N) is 2. The number of hydrogen-bond donors (Lipinski definition) is 1. The highest BCUT2D eigenvalue weighted by atomic mass is 19.4. The van der Waals surface area contributed by atoms with Crippen molar-refractivity contribution in [2.75, 3.05) is 13.1 Å². The smallest absolute Gasteiger partial charge is 0.326 e. The molecule has 2 rings (SSSR count). The van der Waals surface area contributed by atoms with Gasteiger partial charge in [0.2, 0.25) is 0 Å². The quantitative estimate of drug-likeness (QED) is 0.869. The minimum absolute atomic E-state index is 0.0154. The van der Waals surface area contributed by atoms with Gasteiger partial charge in [-0.2, -0.15) is 13.2 Å². The second-order valence-electron chi connectivity index (χ2n) is 5.27. The predicted molar refractivity (Wildman–Crippen MR) is 75.6 cm³/mol. The van der Waals surface area contributed by atoms with E-state index in [9.17, 15) is 13.2 Å². The average molecular weight is 299 g/mol. The minimum Gasteiger partial charge on any atom is -0.326 e. The Bertz CT molecular complexity index is 485. The lowest BCUT2D eigenvalue weighted by Gasteiger charge is -2.37. The topological polar surface area (TPSA) is 42.1 Å². The molecule has 0 fully saturated rings. The van der Waals surface area contributed by atoms with E-state index in [1.807, 2.05) is 24.0 Å². The van der Waals surface area contributed by atoms with Crippen molar-refractivity contribution < 1.29 is 13.2 Å². The summed E-state index contributed by atoms with van der Waals surface area (Å²) in [6, 6.07) is 3.56. The van der Waals surface area contributed by atoms with Gasteiger partial charge >= 0.3 is 6.18 Å². The number of pyridine rings is 1. The van der Waals surface area contributed by atoms with Gasteiger partial charge in [-0.1, -0.05) is 13.0 Å². The van der Waals surface area contributed by atoms with Crippen LogP contribution in [-0.2, 0) is 0 Å². The van der Waals surface area contributed by atoms with Gasteiger partial charge in [-0.05, 0) is 30.5 Å². The molecule has 0 saturated heterocycles. The van der Waals surface area contributed by atoms with Crippen LogP contribution in [0, 0.1) is 0 Å². The van der Waals surface area contributed by atoms with Crippen LogP contribution >= 0.6 is 0 Å². The Morgan fingerprint density at radius 1 is 1.33 bits per heavy atom. The summed E-state index contributed by atoms with van der Waals surface area (Å²) in [5.74, 6) is 0. The lowest BCUT2D eigenvalue weighted by molar-refractivity contribution is -0.0965. The maximum Gasteiger partial charge on any atom is 0.412 e. The fourth-order valence-electron chi connectivity index (χ4n) is 2.71. The molecule has 0 amide bonds. The summed E-state index contributed by atoms with van der Waals surface area (Å²) in [7, 11) is 0. The van der Waals surface area contributed by atoms with Crippen molar-refractivity contribution in [2.24, 2.45) is 5.73 Å². The summed E-state index contributed by atoms with van der Waals surface area (Å²) < 4.78 is 38.1. The summed E-state index contributed by atoms with van der Waals surface area (Å²) >= 11 is 0. The molecule has 2 N–H and O–H groups in total. The molecule has 0 spiro atoms. The summed E-state index contributed by atoms with van der Waals surface area (Å²) in [6.45, 7) is 2.63. The number of rotatable bonds is 4. The molecule has 0 aliphatic carbocycles. The SMILES string of the molecule is CCC(N)C(c1ccncc1)N1CC=C(C(F)(F)F)CC1. The van der Waals surface area contributed by atoms with Crippen molar-refractivity contribution in [2.45, 2.75) is 38.0 Å². The van der Waals surface area contributed by atoms with E-state index in [4.69, 9.17) is 5.73 Å². The normalized spacial score (nSPS) is 20.0. The van der Waals surface area contributed by atoms with Crippen molar-refractivity contribution >= 4 is 0 Å². The number of halogens is 3. The van der Waals surface area contributed by atoms with Gasteiger partial charge in [0.05, 0.1) is 6.04 Å². The second kappa shape index (κ2) is 6.58. The van der Waals surface area contributed by atoms with Crippen molar-refractivity contribution in [3.05, 3.63) is 41.7 Å². The van der Waals surface area contributed by atoms with Crippen molar-refractivity contribution in [1.82, 2.24) is 9.88 Å². The van der Waals surface area contributed by atoms with Gasteiger partial charge in [0.15, 0.2) is 0 Å². The largest absolute Gasteiger partial charge is 0.412 e. The molecule has 6 heteroatoms. The molecule has 1 aliphatic rings. The first-order valence-electron chi connectivity index (χ1n) is 7.09. The molecule has 0 radical (unpaired) electrons. The molecule has 0 saturated carbocycles. The molecule has 3 nitrogen and oxygen atoms in total. The molecule has 1 aromatic heterocycles. The van der Waals surface area contributed by atoms with Crippen molar-refractivity contribution in [3.8, 4) is 0 Å². The number of aromatic nitrogens is 1. The maximum absolute atomic E-state index is 12.7. The third-order valence-electron chi connectivity index (χ3n) is 3.92. The van der Waals surface area contributed by atoms with Crippen LogP contribution in [0.4, 0.5) is 13.2 Å². The zero-order chi connectivity index (χ0) is 15.5. The molecule has 2 atom stereocenters. The van der Waals surface area contributed by atoms with Gasteiger partial charge in [0, 0.05) is 37.1 Å². The highest BCUT2D eigenvalue weighted by Crippen LogP contribution is 2.33. The fourth-order valence-corrected chi connectivity index (χ4v) is 2.71. The molecule has 0 aromatic carbocycles. The van der Waals surface area contributed by atoms with Gasteiger partial charge in [-0.25, -0.2) is 0 Å². The first-order chi connectivity index (χ1) is 9.93. The molecule has 116 valence electrons. The monoisotopic (exact) mass is 299 g/mol. The minimum atomic E-state index is -4.22. The Morgan fingerprint density at radius 2 is 2.00 bits per heavy atom. The Morgan fingerprint density at radius 3 is 2.48 bits per heavy atom. The molecular formula is C15H20F3N3. The van der Waals surface area contributed by atoms with Gasteiger partial charge in [0.25, 0.3) is 0 Å². The Labute approximate surface area is 122 Å². The first kappa shape index (κ1) is 16.0. The zero-order valence-electron chi connectivity index (χ0n) is 12.0. The zero-order valence-corrected chi connectivity index (χ0v) is 12.0. The van der Waals surface area contributed by atoms with E-state index in [-0.39, 0.29) is 25.0 Å². The van der Waals surface area contributed by atoms with Crippen molar-refractivity contribution in [1.29, 1.82) is 0 Å². The lowest BCUT2D eigenvalue weighted by atomic mass is 9.95. The number of alkyl halides is 3. The van der Waals surface area contributed by atoms with Crippen LogP contribution in [0.3, 0.4) is 0 Å². The molecule has 2 heterocycles. The van der Waals surface area contributed by atoms with E-state index in [1.54, 1.807) is 12.4 Å². The maximum atomic E-state index is 12.7. The lowest BCUT2D eigenvalue weighted by Crippen LogP contribution is -2.43. The summed E-state index contributed by atoms with van der Waals surface area (Å²) in [6.07, 6.45) is 1.21. The van der Waals surface area contributed by atoms with E-state index in [1.165, 1.54) is 6.08 Å². The van der Waals surface area contributed by atoms with Crippen LogP contribution in [0.2, 0.25) is 0 Å². The molecule has 21 heavy (non-hydrogen) atoms. The Kier molecular flexibility index (Phi) is 5.00. The molecule has 2 unspecified atom stereocenters. The van der Waals surface area contributed by atoms with Crippen LogP contribution in [0.15, 0.2) is 36.2 Å². The standard InChI is InChI=1S/C15H20F3N3/c1-2-13(19)14(11-3-7-20-8-4-11)21-9-5-12(6-10-21)15(16,17)18/h3-5,7-8,13-14H,2,6,9-10,19H2,1H3. The second-order valence-corrected chi connectivity index (χ2v) is 5.27. The Hall–Kier alpha value is -1.40. The van der Waals surface area contributed by atoms with E-state index in [0.717, 1.165) is 12.0 Å². The van der Waals surface area contributed by atoms with Crippen LogP contribution < -0.4 is 5.73 Å². The third-order valence-corrected chi connectivity index (χ3v) is 3.92. The van der Waals surface area contributed by atoms with Gasteiger partial charge < -0.3 is 5.73 Å².